The lowest BCUT2D eigenvalue weighted by atomic mass is 9.79. The minimum absolute atomic E-state index is 0.292. The lowest BCUT2D eigenvalue weighted by Gasteiger charge is -2.34. The molecule has 4 aromatic rings. The van der Waals surface area contributed by atoms with Gasteiger partial charge in [0.15, 0.2) is 0 Å². The highest BCUT2D eigenvalue weighted by Gasteiger charge is 2.31. The highest BCUT2D eigenvalue weighted by atomic mass is 16.5. The average molecular weight is 460 g/mol. The lowest BCUT2D eigenvalue weighted by Crippen LogP contribution is -2.27. The van der Waals surface area contributed by atoms with E-state index in [0.717, 1.165) is 34.3 Å². The number of anilines is 2. The molecule has 35 heavy (non-hydrogen) atoms. The van der Waals surface area contributed by atoms with Gasteiger partial charge < -0.3 is 14.4 Å². The molecule has 0 spiro atoms. The van der Waals surface area contributed by atoms with Gasteiger partial charge in [0.05, 0.1) is 5.70 Å². The van der Waals surface area contributed by atoms with E-state index < -0.39 is 0 Å². The third-order valence-corrected chi connectivity index (χ3v) is 6.45. The Morgan fingerprint density at radius 2 is 1.37 bits per heavy atom. The number of benzene rings is 4. The summed E-state index contributed by atoms with van der Waals surface area (Å²) >= 11 is 0. The van der Waals surface area contributed by atoms with Crippen molar-refractivity contribution in [3.63, 3.8) is 0 Å². The van der Waals surface area contributed by atoms with Crippen molar-refractivity contribution < 1.29 is 9.47 Å². The van der Waals surface area contributed by atoms with Crippen LogP contribution >= 0.6 is 0 Å². The van der Waals surface area contributed by atoms with E-state index in [9.17, 15) is 0 Å². The molecule has 0 radical (unpaired) electrons. The van der Waals surface area contributed by atoms with Gasteiger partial charge in [-0.15, -0.1) is 0 Å². The zero-order chi connectivity index (χ0) is 24.3. The summed E-state index contributed by atoms with van der Waals surface area (Å²) in [4.78, 5) is 2.22. The van der Waals surface area contributed by atoms with E-state index in [4.69, 9.17) is 9.47 Å². The fourth-order valence-corrected chi connectivity index (χ4v) is 4.46. The molecular formula is C32H29NO2. The lowest BCUT2D eigenvalue weighted by molar-refractivity contribution is 0.276. The molecule has 0 unspecified atom stereocenters. The van der Waals surface area contributed by atoms with Crippen LogP contribution in [-0.2, 0) is 16.6 Å². The van der Waals surface area contributed by atoms with E-state index >= 15 is 0 Å². The molecule has 0 atom stereocenters. The number of hydrogen-bond donors (Lipinski definition) is 0. The summed E-state index contributed by atoms with van der Waals surface area (Å²) in [6.07, 6.45) is 2.56. The van der Waals surface area contributed by atoms with Crippen LogP contribution in [0.3, 0.4) is 0 Å². The summed E-state index contributed by atoms with van der Waals surface area (Å²) in [5, 5.41) is 0. The summed E-state index contributed by atoms with van der Waals surface area (Å²) in [6.45, 7) is 8.58. The van der Waals surface area contributed by atoms with Gasteiger partial charge in [0.1, 0.15) is 23.5 Å². The van der Waals surface area contributed by atoms with Gasteiger partial charge in [-0.2, -0.15) is 0 Å². The van der Waals surface area contributed by atoms with Crippen molar-refractivity contribution in [1.82, 2.24) is 0 Å². The normalized spacial score (nSPS) is 16.1. The van der Waals surface area contributed by atoms with E-state index in [1.807, 2.05) is 66.9 Å². The predicted octanol–water partition coefficient (Wildman–Crippen LogP) is 8.52. The van der Waals surface area contributed by atoms with Gasteiger partial charge in [0, 0.05) is 29.3 Å². The standard InChI is InChI=1S/C32H29NO2/c1-24-32(2,3)31-20-11-10-13-25(31)21-28(23-34-24)33(26-14-6-4-7-15-26)27-16-12-19-30(22-27)35-29-17-8-5-9-18-29/h4-20,22-23H,1,21H2,2-3H3/b28-23+. The van der Waals surface area contributed by atoms with Crippen LogP contribution in [0.25, 0.3) is 0 Å². The Balaban J connectivity index is 1.59. The average Bonchev–Trinajstić information content (AvgIpc) is 2.88. The Hall–Kier alpha value is -4.24. The first-order valence-electron chi connectivity index (χ1n) is 11.8. The van der Waals surface area contributed by atoms with Crippen molar-refractivity contribution in [2.45, 2.75) is 25.7 Å². The predicted molar refractivity (Wildman–Crippen MR) is 143 cm³/mol. The Labute approximate surface area is 207 Å². The molecule has 3 heteroatoms. The van der Waals surface area contributed by atoms with Crippen LogP contribution < -0.4 is 9.64 Å². The molecule has 3 nitrogen and oxygen atoms in total. The molecule has 0 amide bonds. The fraction of sp³-hybridized carbons (Fsp3) is 0.125. The number of fused-ring (bicyclic) bond motifs is 1. The van der Waals surface area contributed by atoms with Crippen LogP contribution in [0.2, 0.25) is 0 Å². The maximum absolute atomic E-state index is 6.19. The Kier molecular flexibility index (Phi) is 6.15. The second kappa shape index (κ2) is 9.55. The van der Waals surface area contributed by atoms with E-state index in [2.05, 4.69) is 73.9 Å². The van der Waals surface area contributed by atoms with Gasteiger partial charge in [-0.05, 0) is 61.4 Å². The molecule has 174 valence electrons. The summed E-state index contributed by atoms with van der Waals surface area (Å²) in [7, 11) is 0. The van der Waals surface area contributed by atoms with E-state index in [-0.39, 0.29) is 5.41 Å². The summed E-state index contributed by atoms with van der Waals surface area (Å²) in [5.41, 5.74) is 5.23. The monoisotopic (exact) mass is 459 g/mol. The van der Waals surface area contributed by atoms with Crippen LogP contribution in [0.15, 0.2) is 133 Å². The molecule has 1 heterocycles. The number of hydrogen-bond acceptors (Lipinski definition) is 3. The van der Waals surface area contributed by atoms with E-state index in [0.29, 0.717) is 6.42 Å². The maximum Gasteiger partial charge on any atom is 0.129 e. The number of para-hydroxylation sites is 2. The maximum atomic E-state index is 6.19. The van der Waals surface area contributed by atoms with Crippen LogP contribution in [0.5, 0.6) is 11.5 Å². The van der Waals surface area contributed by atoms with Crippen LogP contribution in [0, 0.1) is 0 Å². The van der Waals surface area contributed by atoms with Gasteiger partial charge >= 0.3 is 0 Å². The minimum atomic E-state index is -0.292. The quantitative estimate of drug-likeness (QED) is 0.298. The van der Waals surface area contributed by atoms with Crippen LogP contribution in [0.1, 0.15) is 25.0 Å². The molecule has 0 saturated heterocycles. The van der Waals surface area contributed by atoms with Crippen molar-refractivity contribution in [2.75, 3.05) is 4.90 Å². The smallest absolute Gasteiger partial charge is 0.129 e. The third-order valence-electron chi connectivity index (χ3n) is 6.45. The Morgan fingerprint density at radius 3 is 2.14 bits per heavy atom. The zero-order valence-electron chi connectivity index (χ0n) is 20.1. The molecule has 5 rings (SSSR count). The van der Waals surface area contributed by atoms with Crippen molar-refractivity contribution in [1.29, 1.82) is 0 Å². The molecule has 1 aliphatic rings. The van der Waals surface area contributed by atoms with E-state index in [1.54, 1.807) is 0 Å². The Bertz CT molecular complexity index is 1360. The highest BCUT2D eigenvalue weighted by molar-refractivity contribution is 5.70. The van der Waals surface area contributed by atoms with Crippen LogP contribution in [0.4, 0.5) is 11.4 Å². The largest absolute Gasteiger partial charge is 0.467 e. The first-order valence-corrected chi connectivity index (χ1v) is 11.8. The second-order valence-corrected chi connectivity index (χ2v) is 9.19. The molecule has 0 N–H and O–H groups in total. The number of ether oxygens (including phenoxy) is 2. The van der Waals surface area contributed by atoms with Gasteiger partial charge in [-0.25, -0.2) is 0 Å². The van der Waals surface area contributed by atoms with Gasteiger partial charge in [-0.3, -0.25) is 0 Å². The summed E-state index contributed by atoms with van der Waals surface area (Å²) in [6, 6.07) is 36.9. The molecule has 1 aliphatic heterocycles. The first kappa shape index (κ1) is 22.5. The van der Waals surface area contributed by atoms with Crippen molar-refractivity contribution in [3.05, 3.63) is 145 Å². The topological polar surface area (TPSA) is 21.7 Å². The summed E-state index contributed by atoms with van der Waals surface area (Å²) in [5.74, 6) is 2.29. The van der Waals surface area contributed by atoms with Crippen molar-refractivity contribution in [3.8, 4) is 11.5 Å². The highest BCUT2D eigenvalue weighted by Crippen LogP contribution is 2.40. The molecule has 0 aromatic heterocycles. The molecular weight excluding hydrogens is 430 g/mol. The number of rotatable bonds is 5. The molecule has 0 fully saturated rings. The third kappa shape index (κ3) is 4.71. The zero-order valence-corrected chi connectivity index (χ0v) is 20.1. The van der Waals surface area contributed by atoms with Gasteiger partial charge in [-0.1, -0.05) is 73.3 Å². The fourth-order valence-electron chi connectivity index (χ4n) is 4.46. The molecule has 0 aliphatic carbocycles. The molecule has 4 aromatic carbocycles. The van der Waals surface area contributed by atoms with Gasteiger partial charge in [0.2, 0.25) is 0 Å². The molecule has 0 saturated carbocycles. The number of allylic oxidation sites excluding steroid dienone is 2. The second-order valence-electron chi connectivity index (χ2n) is 9.19. The van der Waals surface area contributed by atoms with E-state index in [1.165, 1.54) is 11.1 Å². The van der Waals surface area contributed by atoms with Gasteiger partial charge in [0.25, 0.3) is 0 Å². The SMILES string of the molecule is C=C1O/C=C(/N(c2ccccc2)c2cccc(Oc3ccccc3)c2)Cc2ccccc2C1(C)C. The number of nitrogens with zero attached hydrogens (tertiary/aromatic N) is 1. The Morgan fingerprint density at radius 1 is 0.743 bits per heavy atom. The molecule has 0 bridgehead atoms. The minimum Gasteiger partial charge on any atom is -0.467 e. The summed E-state index contributed by atoms with van der Waals surface area (Å²) < 4.78 is 12.3. The van der Waals surface area contributed by atoms with Crippen molar-refractivity contribution in [2.24, 2.45) is 0 Å². The van der Waals surface area contributed by atoms with Crippen LogP contribution in [-0.4, -0.2) is 0 Å². The first-order chi connectivity index (χ1) is 17.0. The van der Waals surface area contributed by atoms with Crippen molar-refractivity contribution >= 4 is 11.4 Å².